The predicted octanol–water partition coefficient (Wildman–Crippen LogP) is 6.73. The highest BCUT2D eigenvalue weighted by atomic mass is 35.5. The molecule has 0 aromatic heterocycles. The Morgan fingerprint density at radius 3 is 2.44 bits per heavy atom. The third kappa shape index (κ3) is 6.17. The van der Waals surface area contributed by atoms with Crippen molar-refractivity contribution < 1.29 is 33.5 Å². The minimum absolute atomic E-state index is 0.00820. The number of nitrogens with zero attached hydrogens (tertiary/aromatic N) is 2. The molecule has 0 spiro atoms. The zero-order chi connectivity index (χ0) is 28.3. The van der Waals surface area contributed by atoms with Crippen LogP contribution < -0.4 is 9.47 Å². The number of nitro groups is 1. The minimum atomic E-state index is -0.729. The summed E-state index contributed by atoms with van der Waals surface area (Å²) < 4.78 is 15.7. The zero-order valence-corrected chi connectivity index (χ0v) is 22.6. The average Bonchev–Trinajstić information content (AvgIpc) is 3.17. The number of carbonyl (C=O) groups is 3. The molecule has 1 heterocycles. The molecule has 1 saturated heterocycles. The van der Waals surface area contributed by atoms with Crippen molar-refractivity contribution in [2.75, 3.05) is 14.2 Å². The highest BCUT2D eigenvalue weighted by molar-refractivity contribution is 8.18. The lowest BCUT2D eigenvalue weighted by atomic mass is 10.1. The van der Waals surface area contributed by atoms with Crippen molar-refractivity contribution in [1.82, 2.24) is 4.90 Å². The minimum Gasteiger partial charge on any atom is -0.493 e. The van der Waals surface area contributed by atoms with Gasteiger partial charge < -0.3 is 14.2 Å². The van der Waals surface area contributed by atoms with E-state index >= 15 is 0 Å². The number of benzene rings is 3. The number of rotatable bonds is 8. The molecule has 0 N–H and O–H groups in total. The van der Waals surface area contributed by atoms with Gasteiger partial charge in [-0.2, -0.15) is 0 Å². The first kappa shape index (κ1) is 28.0. The van der Waals surface area contributed by atoms with Gasteiger partial charge in [0.25, 0.3) is 11.1 Å². The van der Waals surface area contributed by atoms with Gasteiger partial charge in [-0.05, 0) is 65.4 Å². The SMILES string of the molecule is COC(=O)c1ccc(Oc2ccc(/C=C3\SC(=O)N(Cc4ccc(Cl)cc4Cl)C3=O)cc2OC)c([N+](=O)[O-])c1. The van der Waals surface area contributed by atoms with Crippen molar-refractivity contribution in [3.05, 3.63) is 96.4 Å². The fraction of sp³-hybridized carbons (Fsp3) is 0.115. The Morgan fingerprint density at radius 2 is 1.77 bits per heavy atom. The zero-order valence-electron chi connectivity index (χ0n) is 20.3. The summed E-state index contributed by atoms with van der Waals surface area (Å²) >= 11 is 12.9. The molecule has 0 saturated carbocycles. The fourth-order valence-corrected chi connectivity index (χ4v) is 4.88. The quantitative estimate of drug-likeness (QED) is 0.122. The molecule has 13 heteroatoms. The summed E-state index contributed by atoms with van der Waals surface area (Å²) in [4.78, 5) is 49.4. The molecule has 1 fully saturated rings. The van der Waals surface area contributed by atoms with Crippen LogP contribution in [0.3, 0.4) is 0 Å². The van der Waals surface area contributed by atoms with Crippen LogP contribution in [0.2, 0.25) is 10.0 Å². The van der Waals surface area contributed by atoms with Crippen molar-refractivity contribution in [2.45, 2.75) is 6.54 Å². The third-order valence-corrected chi connectivity index (χ3v) is 6.99. The Kier molecular flexibility index (Phi) is 8.44. The molecule has 3 aromatic carbocycles. The van der Waals surface area contributed by atoms with Crippen molar-refractivity contribution in [2.24, 2.45) is 0 Å². The van der Waals surface area contributed by atoms with E-state index < -0.39 is 27.7 Å². The topological polar surface area (TPSA) is 125 Å². The van der Waals surface area contributed by atoms with Crippen LogP contribution in [0.15, 0.2) is 59.5 Å². The van der Waals surface area contributed by atoms with Gasteiger partial charge in [0.1, 0.15) is 0 Å². The lowest BCUT2D eigenvalue weighted by molar-refractivity contribution is -0.385. The van der Waals surface area contributed by atoms with E-state index in [-0.39, 0.29) is 34.3 Å². The summed E-state index contributed by atoms with van der Waals surface area (Å²) in [6.07, 6.45) is 1.52. The number of imide groups is 1. The normalized spacial score (nSPS) is 14.1. The van der Waals surface area contributed by atoms with Crippen LogP contribution in [0.5, 0.6) is 17.2 Å². The molecule has 10 nitrogen and oxygen atoms in total. The van der Waals surface area contributed by atoms with E-state index in [1.807, 2.05) is 0 Å². The number of amides is 2. The molecular formula is C26H18Cl2N2O8S. The highest BCUT2D eigenvalue weighted by Gasteiger charge is 2.35. The van der Waals surface area contributed by atoms with Gasteiger partial charge in [-0.3, -0.25) is 24.6 Å². The van der Waals surface area contributed by atoms with Gasteiger partial charge in [-0.1, -0.05) is 35.3 Å². The van der Waals surface area contributed by atoms with Crippen molar-refractivity contribution in [3.63, 3.8) is 0 Å². The summed E-state index contributed by atoms with van der Waals surface area (Å²) in [5, 5.41) is 11.9. The Labute approximate surface area is 236 Å². The molecular weight excluding hydrogens is 571 g/mol. The van der Waals surface area contributed by atoms with Crippen LogP contribution in [0.1, 0.15) is 21.5 Å². The summed E-state index contributed by atoms with van der Waals surface area (Å²) in [5.41, 5.74) is 0.635. The predicted molar refractivity (Wildman–Crippen MR) is 145 cm³/mol. The first-order valence-electron chi connectivity index (χ1n) is 11.0. The second-order valence-electron chi connectivity index (χ2n) is 7.95. The number of hydrogen-bond acceptors (Lipinski definition) is 9. The van der Waals surface area contributed by atoms with Gasteiger partial charge in [0.15, 0.2) is 11.5 Å². The molecule has 39 heavy (non-hydrogen) atoms. The van der Waals surface area contributed by atoms with Gasteiger partial charge >= 0.3 is 11.7 Å². The van der Waals surface area contributed by atoms with Crippen molar-refractivity contribution in [3.8, 4) is 17.2 Å². The third-order valence-electron chi connectivity index (χ3n) is 5.50. The van der Waals surface area contributed by atoms with Gasteiger partial charge in [-0.15, -0.1) is 0 Å². The van der Waals surface area contributed by atoms with Crippen LogP contribution >= 0.6 is 35.0 Å². The first-order valence-corrected chi connectivity index (χ1v) is 12.6. The average molecular weight is 589 g/mol. The number of carbonyl (C=O) groups excluding carboxylic acids is 3. The molecule has 0 bridgehead atoms. The van der Waals surface area contributed by atoms with Gasteiger partial charge in [0.05, 0.1) is 36.2 Å². The Bertz CT molecular complexity index is 1540. The smallest absolute Gasteiger partial charge is 0.338 e. The molecule has 0 radical (unpaired) electrons. The highest BCUT2D eigenvalue weighted by Crippen LogP contribution is 2.39. The number of halogens is 2. The molecule has 1 aliphatic heterocycles. The maximum atomic E-state index is 13.0. The molecule has 0 unspecified atom stereocenters. The van der Waals surface area contributed by atoms with Crippen LogP contribution in [0.25, 0.3) is 6.08 Å². The molecule has 0 aliphatic carbocycles. The van der Waals surface area contributed by atoms with Gasteiger partial charge in [0, 0.05) is 16.1 Å². The number of nitro benzene ring substituents is 1. The molecule has 1 aliphatic rings. The molecule has 200 valence electrons. The fourth-order valence-electron chi connectivity index (χ4n) is 3.58. The van der Waals surface area contributed by atoms with Crippen LogP contribution in [-0.4, -0.2) is 41.2 Å². The van der Waals surface area contributed by atoms with Crippen LogP contribution in [-0.2, 0) is 16.1 Å². The van der Waals surface area contributed by atoms with E-state index in [1.54, 1.807) is 24.3 Å². The van der Waals surface area contributed by atoms with E-state index in [2.05, 4.69) is 4.74 Å². The first-order chi connectivity index (χ1) is 18.6. The van der Waals surface area contributed by atoms with E-state index in [9.17, 15) is 24.5 Å². The lowest BCUT2D eigenvalue weighted by Gasteiger charge is -2.14. The van der Waals surface area contributed by atoms with Gasteiger partial charge in [-0.25, -0.2) is 4.79 Å². The molecule has 0 atom stereocenters. The Hall–Kier alpha value is -4.06. The second-order valence-corrected chi connectivity index (χ2v) is 9.78. The molecule has 3 aromatic rings. The number of esters is 1. The Morgan fingerprint density at radius 1 is 1.03 bits per heavy atom. The van der Waals surface area contributed by atoms with E-state index in [0.717, 1.165) is 22.7 Å². The maximum absolute atomic E-state index is 13.0. The lowest BCUT2D eigenvalue weighted by Crippen LogP contribution is -2.27. The van der Waals surface area contributed by atoms with Gasteiger partial charge in [0.2, 0.25) is 5.75 Å². The van der Waals surface area contributed by atoms with Crippen molar-refractivity contribution >= 4 is 63.8 Å². The maximum Gasteiger partial charge on any atom is 0.338 e. The van der Waals surface area contributed by atoms with Crippen molar-refractivity contribution in [1.29, 1.82) is 0 Å². The van der Waals surface area contributed by atoms with Crippen LogP contribution in [0.4, 0.5) is 10.5 Å². The number of methoxy groups -OCH3 is 2. The number of hydrogen-bond donors (Lipinski definition) is 0. The summed E-state index contributed by atoms with van der Waals surface area (Å²) in [5.74, 6) is -0.985. The summed E-state index contributed by atoms with van der Waals surface area (Å²) in [6.45, 7) is -0.0122. The second kappa shape index (κ2) is 11.8. The molecule has 4 rings (SSSR count). The number of thioether (sulfide) groups is 1. The monoisotopic (exact) mass is 588 g/mol. The number of ether oxygens (including phenoxy) is 3. The van der Waals surface area contributed by atoms with E-state index in [0.29, 0.717) is 21.2 Å². The largest absolute Gasteiger partial charge is 0.493 e. The van der Waals surface area contributed by atoms with Crippen LogP contribution in [0, 0.1) is 10.1 Å². The summed E-state index contributed by atoms with van der Waals surface area (Å²) in [6, 6.07) is 13.1. The van der Waals surface area contributed by atoms with E-state index in [1.165, 1.54) is 44.6 Å². The Balaban J connectivity index is 1.57. The molecule has 2 amide bonds. The summed E-state index contributed by atoms with van der Waals surface area (Å²) in [7, 11) is 2.55. The standard InChI is InChI=1S/C26H18Cl2N2O8S/c1-36-22-9-14(3-7-21(22)38-20-8-5-15(25(32)37-2)11-19(20)30(34)35)10-23-24(31)29(26(33)39-23)13-16-4-6-17(27)12-18(16)28/h3-12H,13H2,1-2H3/b23-10-. The van der Waals surface area contributed by atoms with E-state index in [4.69, 9.17) is 32.7 Å².